The Labute approximate surface area is 249 Å². The van der Waals surface area contributed by atoms with Crippen molar-refractivity contribution < 1.29 is 18.0 Å². The van der Waals surface area contributed by atoms with E-state index in [9.17, 15) is 18.0 Å². The van der Waals surface area contributed by atoms with Crippen molar-refractivity contribution in [1.29, 1.82) is 0 Å². The third-order valence-electron chi connectivity index (χ3n) is 7.05. The van der Waals surface area contributed by atoms with Crippen molar-refractivity contribution in [3.8, 4) is 0 Å². The second-order valence-electron chi connectivity index (χ2n) is 10.4. The number of hydrogen-bond donors (Lipinski definition) is 1. The number of nitrogens with zero attached hydrogens (tertiary/aromatic N) is 2. The molecule has 220 valence electrons. The van der Waals surface area contributed by atoms with Gasteiger partial charge in [0.25, 0.3) is 0 Å². The molecular formula is C32H40ClN3O4S. The summed E-state index contributed by atoms with van der Waals surface area (Å²) in [7, 11) is -3.57. The maximum atomic E-state index is 13.9. The summed E-state index contributed by atoms with van der Waals surface area (Å²) in [6, 6.07) is 23.3. The van der Waals surface area contributed by atoms with Gasteiger partial charge < -0.3 is 10.2 Å². The van der Waals surface area contributed by atoms with Gasteiger partial charge in [0.15, 0.2) is 0 Å². The van der Waals surface area contributed by atoms with E-state index >= 15 is 0 Å². The first-order valence-electron chi connectivity index (χ1n) is 13.9. The highest BCUT2D eigenvalue weighted by atomic mass is 35.5. The van der Waals surface area contributed by atoms with Crippen molar-refractivity contribution in [1.82, 2.24) is 10.2 Å². The van der Waals surface area contributed by atoms with E-state index < -0.39 is 16.1 Å². The fraction of sp³-hybridized carbons (Fsp3) is 0.375. The highest BCUT2D eigenvalue weighted by molar-refractivity contribution is 7.92. The molecule has 0 radical (unpaired) electrons. The van der Waals surface area contributed by atoms with E-state index in [1.165, 1.54) is 10.6 Å². The first kappa shape index (κ1) is 32.2. The van der Waals surface area contributed by atoms with Gasteiger partial charge in [0.05, 0.1) is 11.9 Å². The number of hydrogen-bond acceptors (Lipinski definition) is 4. The fourth-order valence-corrected chi connectivity index (χ4v) is 5.89. The number of amides is 2. The molecule has 0 aromatic heterocycles. The van der Waals surface area contributed by atoms with Crippen molar-refractivity contribution in [2.24, 2.45) is 0 Å². The molecule has 0 fully saturated rings. The molecule has 2 unspecified atom stereocenters. The number of halogens is 1. The molecule has 7 nitrogen and oxygen atoms in total. The molecule has 0 aliphatic heterocycles. The van der Waals surface area contributed by atoms with Crippen LogP contribution in [-0.2, 0) is 32.6 Å². The largest absolute Gasteiger partial charge is 0.352 e. The fourth-order valence-electron chi connectivity index (χ4n) is 4.65. The van der Waals surface area contributed by atoms with Crippen LogP contribution in [0.25, 0.3) is 0 Å². The van der Waals surface area contributed by atoms with Gasteiger partial charge in [-0.15, -0.1) is 0 Å². The number of aryl methyl sites for hydroxylation is 1. The average Bonchev–Trinajstić information content (AvgIpc) is 2.93. The van der Waals surface area contributed by atoms with E-state index in [4.69, 9.17) is 11.6 Å². The molecule has 2 amide bonds. The lowest BCUT2D eigenvalue weighted by Gasteiger charge is -2.33. The van der Waals surface area contributed by atoms with Crippen LogP contribution in [0.15, 0.2) is 78.9 Å². The standard InChI is InChI=1S/C32H40ClN3O4S/c1-5-25(3)34-32(38)30(22-26-14-7-6-8-15-26)35(23-27-16-11-17-28(33)21-27)31(37)19-12-20-36(41(4,39)40)29-18-10-9-13-24(29)2/h6-11,13-18,21,25,30H,5,12,19-20,22-23H2,1-4H3,(H,34,38). The smallest absolute Gasteiger partial charge is 0.243 e. The van der Waals surface area contributed by atoms with Gasteiger partial charge in [-0.05, 0) is 61.6 Å². The molecule has 0 aliphatic rings. The lowest BCUT2D eigenvalue weighted by Crippen LogP contribution is -2.52. The summed E-state index contributed by atoms with van der Waals surface area (Å²) in [6.45, 7) is 6.12. The normalized spacial score (nSPS) is 12.8. The van der Waals surface area contributed by atoms with Crippen LogP contribution in [0, 0.1) is 6.92 Å². The van der Waals surface area contributed by atoms with Gasteiger partial charge >= 0.3 is 0 Å². The van der Waals surface area contributed by atoms with E-state index in [-0.39, 0.29) is 43.8 Å². The summed E-state index contributed by atoms with van der Waals surface area (Å²) in [5, 5.41) is 3.60. The maximum Gasteiger partial charge on any atom is 0.243 e. The lowest BCUT2D eigenvalue weighted by molar-refractivity contribution is -0.141. The number of anilines is 1. The Hall–Kier alpha value is -3.36. The van der Waals surface area contributed by atoms with Gasteiger partial charge in [-0.25, -0.2) is 8.42 Å². The van der Waals surface area contributed by atoms with Crippen molar-refractivity contribution >= 4 is 39.1 Å². The number of para-hydroxylation sites is 1. The van der Waals surface area contributed by atoms with Crippen LogP contribution < -0.4 is 9.62 Å². The number of carbonyl (C=O) groups is 2. The van der Waals surface area contributed by atoms with Crippen LogP contribution in [-0.4, -0.2) is 50.0 Å². The Morgan fingerprint density at radius 2 is 1.61 bits per heavy atom. The maximum absolute atomic E-state index is 13.9. The van der Waals surface area contributed by atoms with Crippen LogP contribution in [0.3, 0.4) is 0 Å². The van der Waals surface area contributed by atoms with Gasteiger partial charge in [-0.2, -0.15) is 0 Å². The SMILES string of the molecule is CCC(C)NC(=O)C(Cc1ccccc1)N(Cc1cccc(Cl)c1)C(=O)CCCN(c1ccccc1C)S(C)(=O)=O. The zero-order chi connectivity index (χ0) is 30.0. The Morgan fingerprint density at radius 3 is 2.24 bits per heavy atom. The van der Waals surface area contributed by atoms with Gasteiger partial charge in [0, 0.05) is 37.0 Å². The molecule has 41 heavy (non-hydrogen) atoms. The first-order valence-corrected chi connectivity index (χ1v) is 16.1. The second kappa shape index (κ2) is 15.0. The summed E-state index contributed by atoms with van der Waals surface area (Å²) in [5.74, 6) is -0.459. The Kier molecular flexibility index (Phi) is 11.8. The summed E-state index contributed by atoms with van der Waals surface area (Å²) in [6.07, 6.45) is 2.62. The molecule has 0 bridgehead atoms. The minimum absolute atomic E-state index is 0.0543. The predicted octanol–water partition coefficient (Wildman–Crippen LogP) is 5.75. The molecule has 1 N–H and O–H groups in total. The Bertz CT molecular complexity index is 1420. The Morgan fingerprint density at radius 1 is 0.951 bits per heavy atom. The zero-order valence-corrected chi connectivity index (χ0v) is 25.8. The number of sulfonamides is 1. The van der Waals surface area contributed by atoms with Crippen molar-refractivity contribution in [2.45, 2.75) is 65.1 Å². The summed E-state index contributed by atoms with van der Waals surface area (Å²) in [4.78, 5) is 29.1. The molecular weight excluding hydrogens is 558 g/mol. The third kappa shape index (κ3) is 9.61. The van der Waals surface area contributed by atoms with Crippen molar-refractivity contribution in [3.63, 3.8) is 0 Å². The van der Waals surface area contributed by atoms with Gasteiger partial charge in [-0.3, -0.25) is 13.9 Å². The lowest BCUT2D eigenvalue weighted by atomic mass is 10.0. The molecule has 3 rings (SSSR count). The van der Waals surface area contributed by atoms with E-state index in [2.05, 4.69) is 5.32 Å². The quantitative estimate of drug-likeness (QED) is 0.256. The first-order chi connectivity index (χ1) is 19.5. The van der Waals surface area contributed by atoms with Crippen LogP contribution in [0.5, 0.6) is 0 Å². The van der Waals surface area contributed by atoms with Crippen LogP contribution in [0.2, 0.25) is 5.02 Å². The predicted molar refractivity (Wildman–Crippen MR) is 166 cm³/mol. The van der Waals surface area contributed by atoms with E-state index in [0.29, 0.717) is 17.1 Å². The van der Waals surface area contributed by atoms with E-state index in [0.717, 1.165) is 23.1 Å². The average molecular weight is 598 g/mol. The van der Waals surface area contributed by atoms with E-state index in [1.54, 1.807) is 29.2 Å². The Balaban J connectivity index is 1.90. The highest BCUT2D eigenvalue weighted by Crippen LogP contribution is 2.23. The number of rotatable bonds is 14. The van der Waals surface area contributed by atoms with E-state index in [1.807, 2.05) is 75.4 Å². The summed E-state index contributed by atoms with van der Waals surface area (Å²) in [5.41, 5.74) is 3.16. The summed E-state index contributed by atoms with van der Waals surface area (Å²) < 4.78 is 26.7. The molecule has 2 atom stereocenters. The van der Waals surface area contributed by atoms with Gasteiger partial charge in [0.2, 0.25) is 21.8 Å². The van der Waals surface area contributed by atoms with Gasteiger partial charge in [0.1, 0.15) is 6.04 Å². The molecule has 0 saturated carbocycles. The molecule has 3 aromatic rings. The summed E-state index contributed by atoms with van der Waals surface area (Å²) >= 11 is 6.25. The van der Waals surface area contributed by atoms with Crippen LogP contribution >= 0.6 is 11.6 Å². The molecule has 0 saturated heterocycles. The molecule has 0 spiro atoms. The molecule has 0 heterocycles. The second-order valence-corrected chi connectivity index (χ2v) is 12.7. The molecule has 9 heteroatoms. The van der Waals surface area contributed by atoms with Gasteiger partial charge in [-0.1, -0.05) is 79.2 Å². The minimum Gasteiger partial charge on any atom is -0.352 e. The monoisotopic (exact) mass is 597 g/mol. The highest BCUT2D eigenvalue weighted by Gasteiger charge is 2.31. The molecule has 3 aromatic carbocycles. The number of benzene rings is 3. The van der Waals surface area contributed by atoms with Crippen LogP contribution in [0.1, 0.15) is 49.8 Å². The zero-order valence-electron chi connectivity index (χ0n) is 24.2. The number of nitrogens with one attached hydrogen (secondary N) is 1. The molecule has 0 aliphatic carbocycles. The van der Waals surface area contributed by atoms with Crippen molar-refractivity contribution in [3.05, 3.63) is 101 Å². The van der Waals surface area contributed by atoms with Crippen LogP contribution in [0.4, 0.5) is 5.69 Å². The third-order valence-corrected chi connectivity index (χ3v) is 8.47. The van der Waals surface area contributed by atoms with Crippen molar-refractivity contribution in [2.75, 3.05) is 17.1 Å². The minimum atomic E-state index is -3.57. The topological polar surface area (TPSA) is 86.8 Å². The number of carbonyl (C=O) groups excluding carboxylic acids is 2.